The quantitative estimate of drug-likeness (QED) is 0.783. The number of anilines is 1. The van der Waals surface area contributed by atoms with E-state index in [4.69, 9.17) is 4.74 Å². The molecule has 1 aliphatic rings. The molecule has 0 radical (unpaired) electrons. The highest BCUT2D eigenvalue weighted by molar-refractivity contribution is 7.14. The Labute approximate surface area is 148 Å². The van der Waals surface area contributed by atoms with Crippen molar-refractivity contribution in [2.24, 2.45) is 0 Å². The summed E-state index contributed by atoms with van der Waals surface area (Å²) >= 11 is 1.34. The predicted octanol–water partition coefficient (Wildman–Crippen LogP) is 3.70. The lowest BCUT2D eigenvalue weighted by atomic mass is 10.0. The Kier molecular flexibility index (Phi) is 4.94. The van der Waals surface area contributed by atoms with Crippen molar-refractivity contribution in [3.8, 4) is 5.75 Å². The van der Waals surface area contributed by atoms with Crippen molar-refractivity contribution < 1.29 is 18.7 Å². The normalized spacial score (nSPS) is 15.5. The lowest BCUT2D eigenvalue weighted by molar-refractivity contribution is -0.116. The van der Waals surface area contributed by atoms with Gasteiger partial charge in [0.25, 0.3) is 0 Å². The monoisotopic (exact) mass is 360 g/mol. The summed E-state index contributed by atoms with van der Waals surface area (Å²) in [6, 6.07) is 3.94. The molecule has 1 aliphatic heterocycles. The standard InChI is InChI=1S/C18H17FN2O3S/c1-3-21(11(2)22)18-20-14(10-25-18)8-12-6-7-24-16-5-4-13(19)9-15(16)17(12)23/h4-5,8-10H,3,6-7H2,1-2H3/b12-8+. The highest BCUT2D eigenvalue weighted by Crippen LogP contribution is 2.29. The second-order valence-electron chi connectivity index (χ2n) is 5.56. The number of thiazole rings is 1. The summed E-state index contributed by atoms with van der Waals surface area (Å²) < 4.78 is 19.0. The van der Waals surface area contributed by atoms with Crippen LogP contribution < -0.4 is 9.64 Å². The highest BCUT2D eigenvalue weighted by Gasteiger charge is 2.22. The van der Waals surface area contributed by atoms with Crippen LogP contribution in [-0.4, -0.2) is 29.8 Å². The zero-order valence-corrected chi connectivity index (χ0v) is 14.7. The first-order valence-corrected chi connectivity index (χ1v) is 8.78. The molecule has 0 saturated carbocycles. The van der Waals surface area contributed by atoms with Crippen molar-refractivity contribution in [2.45, 2.75) is 20.3 Å². The number of ketones is 1. The van der Waals surface area contributed by atoms with Gasteiger partial charge < -0.3 is 4.74 Å². The summed E-state index contributed by atoms with van der Waals surface area (Å²) in [5.74, 6) is -0.435. The van der Waals surface area contributed by atoms with Gasteiger partial charge in [0, 0.05) is 30.8 Å². The molecular formula is C18H17FN2O3S. The molecule has 7 heteroatoms. The minimum atomic E-state index is -0.479. The van der Waals surface area contributed by atoms with E-state index in [1.807, 2.05) is 6.92 Å². The van der Waals surface area contributed by atoms with Gasteiger partial charge >= 0.3 is 0 Å². The summed E-state index contributed by atoms with van der Waals surface area (Å²) in [5, 5.41) is 2.38. The molecule has 130 valence electrons. The number of hydrogen-bond acceptors (Lipinski definition) is 5. The van der Waals surface area contributed by atoms with Gasteiger partial charge in [0.15, 0.2) is 10.9 Å². The molecule has 25 heavy (non-hydrogen) atoms. The third-order valence-corrected chi connectivity index (χ3v) is 4.75. The number of ether oxygens (including phenoxy) is 1. The van der Waals surface area contributed by atoms with Gasteiger partial charge in [0.2, 0.25) is 5.91 Å². The zero-order chi connectivity index (χ0) is 18.0. The van der Waals surface area contributed by atoms with Crippen molar-refractivity contribution in [1.29, 1.82) is 0 Å². The predicted molar refractivity (Wildman–Crippen MR) is 94.6 cm³/mol. The Bertz CT molecular complexity index is 860. The first-order valence-electron chi connectivity index (χ1n) is 7.91. The van der Waals surface area contributed by atoms with Crippen LogP contribution in [0.15, 0.2) is 29.2 Å². The van der Waals surface area contributed by atoms with Gasteiger partial charge in [-0.2, -0.15) is 0 Å². The Morgan fingerprint density at radius 3 is 3.00 bits per heavy atom. The summed E-state index contributed by atoms with van der Waals surface area (Å²) in [4.78, 5) is 30.3. The molecule has 1 aromatic heterocycles. The van der Waals surface area contributed by atoms with Gasteiger partial charge in [0.05, 0.1) is 17.9 Å². The number of hydrogen-bond donors (Lipinski definition) is 0. The summed E-state index contributed by atoms with van der Waals surface area (Å²) in [7, 11) is 0. The summed E-state index contributed by atoms with van der Waals surface area (Å²) in [6.07, 6.45) is 2.09. The van der Waals surface area contributed by atoms with E-state index in [1.165, 1.54) is 36.5 Å². The molecule has 0 spiro atoms. The minimum Gasteiger partial charge on any atom is -0.492 e. The number of rotatable bonds is 3. The van der Waals surface area contributed by atoms with Gasteiger partial charge in [-0.1, -0.05) is 0 Å². The SMILES string of the molecule is CCN(C(C)=O)c1nc(/C=C2\CCOc3ccc(F)cc3C2=O)cs1. The van der Waals surface area contributed by atoms with E-state index >= 15 is 0 Å². The first kappa shape index (κ1) is 17.3. The molecule has 0 aliphatic carbocycles. The fourth-order valence-corrected chi connectivity index (χ4v) is 3.53. The maximum absolute atomic E-state index is 13.5. The van der Waals surface area contributed by atoms with Crippen LogP contribution in [0.3, 0.4) is 0 Å². The van der Waals surface area contributed by atoms with E-state index in [1.54, 1.807) is 16.4 Å². The molecule has 0 N–H and O–H groups in total. The maximum Gasteiger partial charge on any atom is 0.225 e. The van der Waals surface area contributed by atoms with E-state index in [2.05, 4.69) is 4.98 Å². The Balaban J connectivity index is 1.92. The molecule has 0 atom stereocenters. The van der Waals surface area contributed by atoms with Crippen LogP contribution in [0.5, 0.6) is 5.75 Å². The molecular weight excluding hydrogens is 343 g/mol. The number of Topliss-reactive ketones (excluding diaryl/α,β-unsaturated/α-hetero) is 1. The van der Waals surface area contributed by atoms with Crippen LogP contribution >= 0.6 is 11.3 Å². The smallest absolute Gasteiger partial charge is 0.225 e. The first-order chi connectivity index (χ1) is 12.0. The molecule has 3 rings (SSSR count). The third-order valence-electron chi connectivity index (χ3n) is 3.87. The Morgan fingerprint density at radius 2 is 2.28 bits per heavy atom. The average molecular weight is 360 g/mol. The third kappa shape index (κ3) is 3.61. The van der Waals surface area contributed by atoms with Gasteiger partial charge in [-0.05, 0) is 31.2 Å². The number of halogens is 1. The second kappa shape index (κ2) is 7.14. The molecule has 0 saturated heterocycles. The fourth-order valence-electron chi connectivity index (χ4n) is 2.64. The van der Waals surface area contributed by atoms with Gasteiger partial charge in [-0.15, -0.1) is 11.3 Å². The van der Waals surface area contributed by atoms with E-state index in [9.17, 15) is 14.0 Å². The Morgan fingerprint density at radius 1 is 1.48 bits per heavy atom. The van der Waals surface area contributed by atoms with Crippen LogP contribution in [0.2, 0.25) is 0 Å². The molecule has 1 aromatic carbocycles. The maximum atomic E-state index is 13.5. The van der Waals surface area contributed by atoms with Gasteiger partial charge in [0.1, 0.15) is 11.6 Å². The van der Waals surface area contributed by atoms with Crippen LogP contribution in [0.1, 0.15) is 36.3 Å². The highest BCUT2D eigenvalue weighted by atomic mass is 32.1. The van der Waals surface area contributed by atoms with Crippen LogP contribution in [0.25, 0.3) is 6.08 Å². The molecule has 2 aromatic rings. The molecule has 0 bridgehead atoms. The Hall–Kier alpha value is -2.54. The number of nitrogens with zero attached hydrogens (tertiary/aromatic N) is 2. The van der Waals surface area contributed by atoms with Crippen molar-refractivity contribution in [3.05, 3.63) is 46.2 Å². The lowest BCUT2D eigenvalue weighted by Crippen LogP contribution is -2.27. The molecule has 0 fully saturated rings. The number of amides is 1. The number of aromatic nitrogens is 1. The fraction of sp³-hybridized carbons (Fsp3) is 0.278. The van der Waals surface area contributed by atoms with E-state index in [0.717, 1.165) is 0 Å². The minimum absolute atomic E-state index is 0.0839. The van der Waals surface area contributed by atoms with Crippen molar-refractivity contribution in [2.75, 3.05) is 18.1 Å². The topological polar surface area (TPSA) is 59.5 Å². The zero-order valence-electron chi connectivity index (χ0n) is 13.9. The lowest BCUT2D eigenvalue weighted by Gasteiger charge is -2.14. The number of carbonyl (C=O) groups is 2. The van der Waals surface area contributed by atoms with Crippen molar-refractivity contribution >= 4 is 34.2 Å². The van der Waals surface area contributed by atoms with E-state index in [0.29, 0.717) is 41.7 Å². The average Bonchev–Trinajstić information content (AvgIpc) is 2.97. The van der Waals surface area contributed by atoms with Crippen LogP contribution in [0.4, 0.5) is 9.52 Å². The van der Waals surface area contributed by atoms with E-state index in [-0.39, 0.29) is 17.3 Å². The van der Waals surface area contributed by atoms with Crippen molar-refractivity contribution in [3.63, 3.8) is 0 Å². The molecule has 0 unspecified atom stereocenters. The van der Waals surface area contributed by atoms with Crippen LogP contribution in [0, 0.1) is 5.82 Å². The number of carbonyl (C=O) groups excluding carboxylic acids is 2. The largest absolute Gasteiger partial charge is 0.492 e. The van der Waals surface area contributed by atoms with Gasteiger partial charge in [-0.3, -0.25) is 14.5 Å². The van der Waals surface area contributed by atoms with Crippen molar-refractivity contribution in [1.82, 2.24) is 4.98 Å². The summed E-state index contributed by atoms with van der Waals surface area (Å²) in [6.45, 7) is 4.22. The number of benzene rings is 1. The number of fused-ring (bicyclic) bond motifs is 1. The van der Waals surface area contributed by atoms with E-state index < -0.39 is 5.82 Å². The molecule has 5 nitrogen and oxygen atoms in total. The summed E-state index contributed by atoms with van der Waals surface area (Å²) in [5.41, 5.74) is 1.33. The second-order valence-corrected chi connectivity index (χ2v) is 6.39. The molecule has 2 heterocycles. The van der Waals surface area contributed by atoms with Crippen LogP contribution in [-0.2, 0) is 4.79 Å². The molecule has 1 amide bonds. The van der Waals surface area contributed by atoms with Gasteiger partial charge in [-0.25, -0.2) is 9.37 Å².